The van der Waals surface area contributed by atoms with Gasteiger partial charge in [-0.25, -0.2) is 0 Å². The number of hydrazone groups is 1. The van der Waals surface area contributed by atoms with Crippen molar-refractivity contribution in [1.82, 2.24) is 0 Å². The third-order valence-electron chi connectivity index (χ3n) is 4.73. The van der Waals surface area contributed by atoms with Crippen LogP contribution in [0.15, 0.2) is 87.0 Å². The minimum absolute atomic E-state index is 0.0425. The van der Waals surface area contributed by atoms with Gasteiger partial charge in [0.1, 0.15) is 27.8 Å². The average molecular weight is 501 g/mol. The van der Waals surface area contributed by atoms with Gasteiger partial charge in [0, 0.05) is 6.07 Å². The number of halogens is 1. The van der Waals surface area contributed by atoms with Crippen molar-refractivity contribution < 1.29 is 27.6 Å². The third-order valence-corrected chi connectivity index (χ3v) is 5.91. The number of amides is 1. The van der Waals surface area contributed by atoms with Crippen LogP contribution >= 0.6 is 11.6 Å². The van der Waals surface area contributed by atoms with E-state index in [0.717, 1.165) is 11.1 Å². The van der Waals surface area contributed by atoms with Gasteiger partial charge in [-0.3, -0.25) is 9.35 Å². The van der Waals surface area contributed by atoms with Gasteiger partial charge in [-0.15, -0.1) is 0 Å². The topological polar surface area (TPSA) is 141 Å². The summed E-state index contributed by atoms with van der Waals surface area (Å²) in [7, 11) is -4.69. The van der Waals surface area contributed by atoms with Gasteiger partial charge in [0.25, 0.3) is 16.0 Å². The van der Waals surface area contributed by atoms with Crippen LogP contribution in [0.25, 0.3) is 0 Å². The summed E-state index contributed by atoms with van der Waals surface area (Å²) < 4.78 is 39.3. The van der Waals surface area contributed by atoms with Crippen molar-refractivity contribution >= 4 is 44.7 Å². The fourth-order valence-electron chi connectivity index (χ4n) is 3.10. The number of nitrogens with zero attached hydrogens (tertiary/aromatic N) is 4. The number of anilines is 1. The second kappa shape index (κ2) is 9.21. The van der Waals surface area contributed by atoms with E-state index in [1.807, 2.05) is 0 Å². The monoisotopic (exact) mass is 500 g/mol. The smallest absolute Gasteiger partial charge is 0.298 e. The molecule has 2 N–H and O–H groups in total. The minimum atomic E-state index is -4.69. The Hall–Kier alpha value is -3.80. The summed E-state index contributed by atoms with van der Waals surface area (Å²) in [5.74, 6) is -0.393. The van der Waals surface area contributed by atoms with Crippen LogP contribution in [0.5, 0.6) is 17.2 Å². The number of phenols is 1. The molecule has 0 spiro atoms. The number of aromatic hydroxyl groups is 1. The summed E-state index contributed by atoms with van der Waals surface area (Å²) in [5, 5.41) is 22.7. The average Bonchev–Trinajstić information content (AvgIpc) is 3.07. The highest BCUT2D eigenvalue weighted by molar-refractivity contribution is 7.86. The molecule has 1 aliphatic rings. The summed E-state index contributed by atoms with van der Waals surface area (Å²) in [6.07, 6.45) is 0. The normalized spacial score (nSPS) is 16.2. The Morgan fingerprint density at radius 1 is 1.09 bits per heavy atom. The molecular weight excluding hydrogens is 484 g/mol. The van der Waals surface area contributed by atoms with E-state index in [-0.39, 0.29) is 27.9 Å². The number of azo groups is 1. The number of hydrogen-bond acceptors (Lipinski definition) is 8. The summed E-state index contributed by atoms with van der Waals surface area (Å²) in [6.45, 7) is 1.57. The van der Waals surface area contributed by atoms with Crippen molar-refractivity contribution in [2.24, 2.45) is 15.3 Å². The van der Waals surface area contributed by atoms with E-state index in [2.05, 4.69) is 15.3 Å². The Balaban J connectivity index is 1.63. The Labute approximate surface area is 199 Å². The van der Waals surface area contributed by atoms with Gasteiger partial charge in [-0.1, -0.05) is 29.8 Å². The van der Waals surface area contributed by atoms with E-state index in [1.54, 1.807) is 37.3 Å². The van der Waals surface area contributed by atoms with Crippen molar-refractivity contribution in [3.8, 4) is 17.2 Å². The number of ether oxygens (including phenoxy) is 1. The molecule has 0 bridgehead atoms. The molecule has 0 radical (unpaired) electrons. The quantitative estimate of drug-likeness (QED) is 0.362. The zero-order valence-electron chi connectivity index (χ0n) is 17.5. The molecule has 0 unspecified atom stereocenters. The minimum Gasteiger partial charge on any atom is -0.508 e. The lowest BCUT2D eigenvalue weighted by Gasteiger charge is -2.15. The SMILES string of the molecule is CC1=NN(c2ccc(Oc3ccccc3)c(S(=O)(=O)O)c2)C(=O)[C@@H]1N=Nc1ccc(O)cc1Cl. The third kappa shape index (κ3) is 4.91. The van der Waals surface area contributed by atoms with Crippen LogP contribution in [-0.4, -0.2) is 35.7 Å². The number of carbonyl (C=O) groups is 1. The number of benzene rings is 3. The van der Waals surface area contributed by atoms with Crippen molar-refractivity contribution in [1.29, 1.82) is 0 Å². The van der Waals surface area contributed by atoms with Crippen LogP contribution in [0.2, 0.25) is 5.02 Å². The maximum absolute atomic E-state index is 13.0. The second-order valence-electron chi connectivity index (χ2n) is 7.17. The lowest BCUT2D eigenvalue weighted by molar-refractivity contribution is -0.117. The summed E-state index contributed by atoms with van der Waals surface area (Å²) >= 11 is 6.01. The van der Waals surface area contributed by atoms with Crippen LogP contribution in [-0.2, 0) is 14.9 Å². The maximum atomic E-state index is 13.0. The molecule has 1 aliphatic heterocycles. The highest BCUT2D eigenvalue weighted by atomic mass is 35.5. The molecule has 0 aliphatic carbocycles. The van der Waals surface area contributed by atoms with Gasteiger partial charge in [0.15, 0.2) is 6.04 Å². The molecule has 0 saturated carbocycles. The summed E-state index contributed by atoms with van der Waals surface area (Å²) in [6, 6.07) is 15.3. The van der Waals surface area contributed by atoms with E-state index >= 15 is 0 Å². The van der Waals surface area contributed by atoms with Gasteiger partial charge in [-0.2, -0.15) is 28.8 Å². The molecular formula is C22H17ClN4O6S. The largest absolute Gasteiger partial charge is 0.508 e. The molecule has 174 valence electrons. The second-order valence-corrected chi connectivity index (χ2v) is 8.96. The number of para-hydroxylation sites is 1. The molecule has 1 heterocycles. The molecule has 12 heteroatoms. The number of carbonyl (C=O) groups excluding carboxylic acids is 1. The molecule has 34 heavy (non-hydrogen) atoms. The Morgan fingerprint density at radius 2 is 1.82 bits per heavy atom. The predicted octanol–water partition coefficient (Wildman–Crippen LogP) is 4.96. The van der Waals surface area contributed by atoms with Crippen molar-refractivity contribution in [3.05, 3.63) is 71.8 Å². The molecule has 10 nitrogen and oxygen atoms in total. The first-order chi connectivity index (χ1) is 16.1. The first-order valence-electron chi connectivity index (χ1n) is 9.76. The van der Waals surface area contributed by atoms with Gasteiger partial charge >= 0.3 is 0 Å². The van der Waals surface area contributed by atoms with Crippen molar-refractivity contribution in [3.63, 3.8) is 0 Å². The standard InChI is InChI=1S/C22H17ClN4O6S/c1-13-21(25-24-18-9-8-15(28)12-17(18)23)22(29)27(26-13)14-7-10-19(20(11-14)34(30,31)32)33-16-5-3-2-4-6-16/h2-12,21,28H,1H3,(H,30,31,32)/t21-/m1/s1. The zero-order valence-corrected chi connectivity index (χ0v) is 19.1. The molecule has 3 aromatic carbocycles. The number of phenolic OH excluding ortho intramolecular Hbond substituents is 1. The van der Waals surface area contributed by atoms with Crippen LogP contribution < -0.4 is 9.75 Å². The number of rotatable bonds is 6. The predicted molar refractivity (Wildman–Crippen MR) is 125 cm³/mol. The van der Waals surface area contributed by atoms with Crippen LogP contribution in [0, 0.1) is 0 Å². The summed E-state index contributed by atoms with van der Waals surface area (Å²) in [4.78, 5) is 12.4. The first-order valence-corrected chi connectivity index (χ1v) is 11.6. The van der Waals surface area contributed by atoms with Gasteiger partial charge in [0.05, 0.1) is 16.4 Å². The van der Waals surface area contributed by atoms with Gasteiger partial charge in [-0.05, 0) is 49.4 Å². The number of hydrogen-bond donors (Lipinski definition) is 2. The zero-order chi connectivity index (χ0) is 24.5. The van der Waals surface area contributed by atoms with Crippen LogP contribution in [0.1, 0.15) is 6.92 Å². The molecule has 3 aromatic rings. The highest BCUT2D eigenvalue weighted by Gasteiger charge is 2.35. The van der Waals surface area contributed by atoms with Gasteiger partial charge < -0.3 is 9.84 Å². The molecule has 0 fully saturated rings. The van der Waals surface area contributed by atoms with Gasteiger partial charge in [0.2, 0.25) is 0 Å². The van der Waals surface area contributed by atoms with E-state index in [0.29, 0.717) is 11.5 Å². The van der Waals surface area contributed by atoms with E-state index in [1.165, 1.54) is 30.3 Å². The van der Waals surface area contributed by atoms with E-state index in [9.17, 15) is 22.9 Å². The molecule has 1 atom stereocenters. The van der Waals surface area contributed by atoms with Crippen LogP contribution in [0.4, 0.5) is 11.4 Å². The van der Waals surface area contributed by atoms with E-state index < -0.39 is 27.0 Å². The molecule has 0 aromatic heterocycles. The fraction of sp³-hybridized carbons (Fsp3) is 0.0909. The lowest BCUT2D eigenvalue weighted by atomic mass is 10.2. The fourth-order valence-corrected chi connectivity index (χ4v) is 3.95. The molecule has 1 amide bonds. The van der Waals surface area contributed by atoms with Crippen LogP contribution in [0.3, 0.4) is 0 Å². The van der Waals surface area contributed by atoms with Crippen molar-refractivity contribution in [2.75, 3.05) is 5.01 Å². The lowest BCUT2D eigenvalue weighted by Crippen LogP contribution is -2.29. The highest BCUT2D eigenvalue weighted by Crippen LogP contribution is 2.34. The molecule has 4 rings (SSSR count). The Kier molecular flexibility index (Phi) is 6.33. The Bertz CT molecular complexity index is 1430. The maximum Gasteiger partial charge on any atom is 0.298 e. The van der Waals surface area contributed by atoms with E-state index in [4.69, 9.17) is 16.3 Å². The first kappa shape index (κ1) is 23.4. The van der Waals surface area contributed by atoms with Crippen molar-refractivity contribution in [2.45, 2.75) is 17.9 Å². The summed E-state index contributed by atoms with van der Waals surface area (Å²) in [5.41, 5.74) is 0.633. The Morgan fingerprint density at radius 3 is 2.50 bits per heavy atom. The molecule has 0 saturated heterocycles.